The van der Waals surface area contributed by atoms with Crippen LogP contribution < -0.4 is 11.1 Å². The topological polar surface area (TPSA) is 95.7 Å². The molecule has 0 aromatic rings. The van der Waals surface area contributed by atoms with E-state index < -0.39 is 0 Å². The lowest BCUT2D eigenvalue weighted by Gasteiger charge is -2.33. The van der Waals surface area contributed by atoms with E-state index in [1.165, 1.54) is 0 Å². The molecule has 0 aromatic carbocycles. The molecule has 1 saturated heterocycles. The first kappa shape index (κ1) is 16.9. The molecule has 6 nitrogen and oxygen atoms in total. The van der Waals surface area contributed by atoms with Crippen molar-refractivity contribution in [2.45, 2.75) is 32.6 Å². The van der Waals surface area contributed by atoms with Gasteiger partial charge in [0.1, 0.15) is 0 Å². The lowest BCUT2D eigenvalue weighted by atomic mass is 9.94. The Kier molecular flexibility index (Phi) is 7.54. The van der Waals surface area contributed by atoms with Crippen LogP contribution in [0.2, 0.25) is 0 Å². The van der Waals surface area contributed by atoms with Gasteiger partial charge in [-0.2, -0.15) is 0 Å². The monoisotopic (exact) mass is 285 g/mol. The molecule has 1 aliphatic heterocycles. The molecule has 0 bridgehead atoms. The molecule has 0 aliphatic carbocycles. The second kappa shape index (κ2) is 8.92. The molecule has 20 heavy (non-hydrogen) atoms. The van der Waals surface area contributed by atoms with Crippen molar-refractivity contribution in [1.29, 1.82) is 0 Å². The summed E-state index contributed by atoms with van der Waals surface area (Å²) in [5.74, 6) is 0.0474. The van der Waals surface area contributed by atoms with E-state index in [4.69, 9.17) is 10.8 Å². The lowest BCUT2D eigenvalue weighted by Crippen LogP contribution is -2.46. The number of hydrogen-bond acceptors (Lipinski definition) is 4. The predicted molar refractivity (Wildman–Crippen MR) is 76.9 cm³/mol. The minimum absolute atomic E-state index is 0.0179. The quantitative estimate of drug-likeness (QED) is 0.560. The number of piperidine rings is 1. The Morgan fingerprint density at radius 2 is 2.05 bits per heavy atom. The van der Waals surface area contributed by atoms with Crippen LogP contribution in [0.1, 0.15) is 32.6 Å². The molecule has 1 aliphatic rings. The Balaban J connectivity index is 2.35. The Labute approximate surface area is 120 Å². The highest BCUT2D eigenvalue weighted by Gasteiger charge is 2.29. The average Bonchev–Trinajstić information content (AvgIpc) is 2.48. The largest absolute Gasteiger partial charge is 0.396 e. The van der Waals surface area contributed by atoms with Crippen LogP contribution in [-0.4, -0.2) is 54.6 Å². The third-order valence-electron chi connectivity index (χ3n) is 3.94. The summed E-state index contributed by atoms with van der Waals surface area (Å²) in [6.45, 7) is 4.22. The second-order valence-electron chi connectivity index (χ2n) is 5.31. The van der Waals surface area contributed by atoms with E-state index in [-0.39, 0.29) is 30.3 Å². The van der Waals surface area contributed by atoms with Crippen LogP contribution in [0.5, 0.6) is 0 Å². The number of aliphatic hydroxyl groups excluding tert-OH is 1. The highest BCUT2D eigenvalue weighted by Crippen LogP contribution is 2.19. The summed E-state index contributed by atoms with van der Waals surface area (Å²) in [4.78, 5) is 25.9. The van der Waals surface area contributed by atoms with Gasteiger partial charge in [0.15, 0.2) is 0 Å². The number of nitrogens with zero attached hydrogens (tertiary/aromatic N) is 1. The summed E-state index contributed by atoms with van der Waals surface area (Å²) >= 11 is 0. The Morgan fingerprint density at radius 1 is 1.40 bits per heavy atom. The minimum atomic E-state index is -0.0927. The highest BCUT2D eigenvalue weighted by molar-refractivity contribution is 5.81. The fourth-order valence-corrected chi connectivity index (χ4v) is 2.50. The fourth-order valence-electron chi connectivity index (χ4n) is 2.50. The minimum Gasteiger partial charge on any atom is -0.396 e. The zero-order valence-electron chi connectivity index (χ0n) is 12.3. The molecule has 1 atom stereocenters. The van der Waals surface area contributed by atoms with E-state index in [1.54, 1.807) is 0 Å². The van der Waals surface area contributed by atoms with Crippen molar-refractivity contribution in [3.63, 3.8) is 0 Å². The maximum atomic E-state index is 12.2. The van der Waals surface area contributed by atoms with Crippen LogP contribution in [-0.2, 0) is 9.59 Å². The highest BCUT2D eigenvalue weighted by atomic mass is 16.3. The van der Waals surface area contributed by atoms with Gasteiger partial charge in [0.25, 0.3) is 0 Å². The van der Waals surface area contributed by atoms with Crippen molar-refractivity contribution in [3.05, 3.63) is 0 Å². The standard InChI is InChI=1S/C14H27N3O3/c1-2-11(10-15)14(20)17-7-4-12(5-8-17)13(19)16-6-3-9-18/h11-12,18H,2-10,15H2,1H3,(H,16,19). The van der Waals surface area contributed by atoms with Crippen LogP contribution >= 0.6 is 0 Å². The van der Waals surface area contributed by atoms with Crippen LogP contribution in [0.15, 0.2) is 0 Å². The number of likely N-dealkylation sites (tertiary alicyclic amines) is 1. The molecule has 1 heterocycles. The molecule has 116 valence electrons. The summed E-state index contributed by atoms with van der Waals surface area (Å²) in [6.07, 6.45) is 2.75. The maximum Gasteiger partial charge on any atom is 0.226 e. The van der Waals surface area contributed by atoms with Crippen molar-refractivity contribution in [2.24, 2.45) is 17.6 Å². The SMILES string of the molecule is CCC(CN)C(=O)N1CCC(C(=O)NCCCO)CC1. The molecule has 1 unspecified atom stereocenters. The number of hydrogen-bond donors (Lipinski definition) is 3. The van der Waals surface area contributed by atoms with Gasteiger partial charge in [-0.05, 0) is 25.7 Å². The van der Waals surface area contributed by atoms with Gasteiger partial charge in [-0.1, -0.05) is 6.92 Å². The Bertz CT molecular complexity index is 311. The number of nitrogens with one attached hydrogen (secondary N) is 1. The fraction of sp³-hybridized carbons (Fsp3) is 0.857. The molecule has 4 N–H and O–H groups in total. The second-order valence-corrected chi connectivity index (χ2v) is 5.31. The van der Waals surface area contributed by atoms with Crippen molar-refractivity contribution in [2.75, 3.05) is 32.8 Å². The van der Waals surface area contributed by atoms with Crippen LogP contribution in [0, 0.1) is 11.8 Å². The van der Waals surface area contributed by atoms with Gasteiger partial charge < -0.3 is 21.1 Å². The summed E-state index contributed by atoms with van der Waals surface area (Å²) in [7, 11) is 0. The van der Waals surface area contributed by atoms with Crippen LogP contribution in [0.3, 0.4) is 0 Å². The summed E-state index contributed by atoms with van der Waals surface area (Å²) in [5, 5.41) is 11.5. The molecular formula is C14H27N3O3. The number of aliphatic hydroxyl groups is 1. The van der Waals surface area contributed by atoms with Crippen molar-refractivity contribution < 1.29 is 14.7 Å². The number of carbonyl (C=O) groups is 2. The molecule has 2 amide bonds. The van der Waals surface area contributed by atoms with Gasteiger partial charge in [-0.25, -0.2) is 0 Å². The zero-order valence-corrected chi connectivity index (χ0v) is 12.3. The Morgan fingerprint density at radius 3 is 2.55 bits per heavy atom. The van der Waals surface area contributed by atoms with E-state index in [2.05, 4.69) is 5.32 Å². The summed E-state index contributed by atoms with van der Waals surface area (Å²) in [5.41, 5.74) is 5.60. The van der Waals surface area contributed by atoms with Crippen molar-refractivity contribution in [3.8, 4) is 0 Å². The molecule has 0 spiro atoms. The van der Waals surface area contributed by atoms with Crippen molar-refractivity contribution in [1.82, 2.24) is 10.2 Å². The molecular weight excluding hydrogens is 258 g/mol. The van der Waals surface area contributed by atoms with E-state index >= 15 is 0 Å². The van der Waals surface area contributed by atoms with E-state index in [0.29, 0.717) is 45.4 Å². The third kappa shape index (κ3) is 4.76. The van der Waals surface area contributed by atoms with Crippen molar-refractivity contribution >= 4 is 11.8 Å². The van der Waals surface area contributed by atoms with E-state index in [9.17, 15) is 9.59 Å². The Hall–Kier alpha value is -1.14. The van der Waals surface area contributed by atoms with Gasteiger partial charge in [0.05, 0.1) is 5.92 Å². The van der Waals surface area contributed by atoms with Crippen LogP contribution in [0.4, 0.5) is 0 Å². The van der Waals surface area contributed by atoms with E-state index in [1.807, 2.05) is 11.8 Å². The van der Waals surface area contributed by atoms with Crippen LogP contribution in [0.25, 0.3) is 0 Å². The smallest absolute Gasteiger partial charge is 0.226 e. The summed E-state index contributed by atoms with van der Waals surface area (Å²) < 4.78 is 0. The first-order valence-electron chi connectivity index (χ1n) is 7.51. The zero-order chi connectivity index (χ0) is 15.0. The molecule has 0 saturated carbocycles. The predicted octanol–water partition coefficient (Wildman–Crippen LogP) is -0.291. The summed E-state index contributed by atoms with van der Waals surface area (Å²) in [6, 6.07) is 0. The van der Waals surface area contributed by atoms with Gasteiger partial charge in [-0.3, -0.25) is 9.59 Å². The van der Waals surface area contributed by atoms with Gasteiger partial charge in [-0.15, -0.1) is 0 Å². The molecule has 0 radical (unpaired) electrons. The van der Waals surface area contributed by atoms with E-state index in [0.717, 1.165) is 6.42 Å². The number of amides is 2. The first-order chi connectivity index (χ1) is 9.63. The lowest BCUT2D eigenvalue weighted by molar-refractivity contribution is -0.139. The number of carbonyl (C=O) groups excluding carboxylic acids is 2. The first-order valence-corrected chi connectivity index (χ1v) is 7.51. The number of nitrogens with two attached hydrogens (primary N) is 1. The normalized spacial score (nSPS) is 17.9. The number of rotatable bonds is 7. The molecule has 6 heteroatoms. The average molecular weight is 285 g/mol. The third-order valence-corrected chi connectivity index (χ3v) is 3.94. The van der Waals surface area contributed by atoms with Gasteiger partial charge >= 0.3 is 0 Å². The molecule has 0 aromatic heterocycles. The maximum absolute atomic E-state index is 12.2. The van der Waals surface area contributed by atoms with Gasteiger partial charge in [0, 0.05) is 38.7 Å². The molecule has 1 fully saturated rings. The molecule has 1 rings (SSSR count). The van der Waals surface area contributed by atoms with Gasteiger partial charge in [0.2, 0.25) is 11.8 Å².